The molecule has 0 bridgehead atoms. The lowest BCUT2D eigenvalue weighted by Gasteiger charge is -2.12. The van der Waals surface area contributed by atoms with Gasteiger partial charge in [0.05, 0.1) is 13.2 Å². The highest BCUT2D eigenvalue weighted by Crippen LogP contribution is 2.00. The highest BCUT2D eigenvalue weighted by atomic mass is 16.5. The Balaban J connectivity index is 2.13. The first kappa shape index (κ1) is 12.5. The SMILES string of the molecule is NC(=O)NCC(N)COCc1ccccc1. The fourth-order valence-electron chi connectivity index (χ4n) is 1.19. The number of nitrogens with two attached hydrogens (primary N) is 2. The Bertz CT molecular complexity index is 316. The number of ether oxygens (including phenoxy) is 1. The van der Waals surface area contributed by atoms with Crippen LogP contribution in [0.4, 0.5) is 4.79 Å². The number of hydrogen-bond donors (Lipinski definition) is 3. The molecule has 5 N–H and O–H groups in total. The number of primary amides is 1. The van der Waals surface area contributed by atoms with E-state index in [1.807, 2.05) is 30.3 Å². The van der Waals surface area contributed by atoms with Gasteiger partial charge in [0, 0.05) is 12.6 Å². The van der Waals surface area contributed by atoms with Crippen molar-refractivity contribution < 1.29 is 9.53 Å². The molecule has 5 heteroatoms. The minimum atomic E-state index is -0.571. The van der Waals surface area contributed by atoms with E-state index < -0.39 is 6.03 Å². The molecule has 0 aliphatic heterocycles. The van der Waals surface area contributed by atoms with Crippen LogP contribution in [-0.2, 0) is 11.3 Å². The van der Waals surface area contributed by atoms with Gasteiger partial charge in [-0.1, -0.05) is 30.3 Å². The molecule has 1 atom stereocenters. The van der Waals surface area contributed by atoms with Crippen LogP contribution >= 0.6 is 0 Å². The molecule has 0 fully saturated rings. The molecule has 16 heavy (non-hydrogen) atoms. The zero-order valence-electron chi connectivity index (χ0n) is 9.06. The lowest BCUT2D eigenvalue weighted by molar-refractivity contribution is 0.108. The standard InChI is InChI=1S/C11H17N3O2/c12-10(6-14-11(13)15)8-16-7-9-4-2-1-3-5-9/h1-5,10H,6-8,12H2,(H3,13,14,15). The van der Waals surface area contributed by atoms with Crippen LogP contribution < -0.4 is 16.8 Å². The van der Waals surface area contributed by atoms with Crippen LogP contribution in [0.5, 0.6) is 0 Å². The Morgan fingerprint density at radius 2 is 2.06 bits per heavy atom. The fourth-order valence-corrected chi connectivity index (χ4v) is 1.19. The van der Waals surface area contributed by atoms with Crippen molar-refractivity contribution in [3.63, 3.8) is 0 Å². The summed E-state index contributed by atoms with van der Waals surface area (Å²) in [5.41, 5.74) is 11.7. The topological polar surface area (TPSA) is 90.4 Å². The van der Waals surface area contributed by atoms with E-state index in [-0.39, 0.29) is 6.04 Å². The summed E-state index contributed by atoms with van der Waals surface area (Å²) in [4.78, 5) is 10.4. The van der Waals surface area contributed by atoms with E-state index in [2.05, 4.69) is 5.32 Å². The fraction of sp³-hybridized carbons (Fsp3) is 0.364. The van der Waals surface area contributed by atoms with Gasteiger partial charge < -0.3 is 21.5 Å². The molecule has 2 amide bonds. The van der Waals surface area contributed by atoms with Gasteiger partial charge in [0.25, 0.3) is 0 Å². The highest BCUT2D eigenvalue weighted by Gasteiger charge is 2.03. The summed E-state index contributed by atoms with van der Waals surface area (Å²) in [5, 5.41) is 2.43. The number of carbonyl (C=O) groups is 1. The average Bonchev–Trinajstić information content (AvgIpc) is 2.28. The van der Waals surface area contributed by atoms with Crippen molar-refractivity contribution in [2.24, 2.45) is 11.5 Å². The van der Waals surface area contributed by atoms with Crippen molar-refractivity contribution in [1.82, 2.24) is 5.32 Å². The van der Waals surface area contributed by atoms with Crippen molar-refractivity contribution in [2.75, 3.05) is 13.2 Å². The van der Waals surface area contributed by atoms with Gasteiger partial charge in [-0.05, 0) is 5.56 Å². The Hall–Kier alpha value is -1.59. The van der Waals surface area contributed by atoms with Gasteiger partial charge in [-0.25, -0.2) is 4.79 Å². The maximum atomic E-state index is 10.4. The van der Waals surface area contributed by atoms with Gasteiger partial charge in [-0.3, -0.25) is 0 Å². The highest BCUT2D eigenvalue weighted by molar-refractivity contribution is 5.71. The quantitative estimate of drug-likeness (QED) is 0.643. The average molecular weight is 223 g/mol. The number of carbonyl (C=O) groups excluding carboxylic acids is 1. The lowest BCUT2D eigenvalue weighted by atomic mass is 10.2. The summed E-state index contributed by atoms with van der Waals surface area (Å²) in [6.45, 7) is 1.23. The number of hydrogen-bond acceptors (Lipinski definition) is 3. The molecule has 88 valence electrons. The van der Waals surface area contributed by atoms with Gasteiger partial charge in [0.2, 0.25) is 0 Å². The largest absolute Gasteiger partial charge is 0.375 e. The molecule has 5 nitrogen and oxygen atoms in total. The predicted molar refractivity (Wildman–Crippen MR) is 61.7 cm³/mol. The number of amides is 2. The number of rotatable bonds is 6. The molecule has 0 heterocycles. The van der Waals surface area contributed by atoms with Crippen LogP contribution in [0.1, 0.15) is 5.56 Å². The second-order valence-corrected chi connectivity index (χ2v) is 3.51. The van der Waals surface area contributed by atoms with Crippen molar-refractivity contribution in [2.45, 2.75) is 12.6 Å². The molecule has 0 aliphatic rings. The second kappa shape index (κ2) is 6.81. The van der Waals surface area contributed by atoms with Crippen LogP contribution in [-0.4, -0.2) is 25.2 Å². The minimum absolute atomic E-state index is 0.240. The summed E-state index contributed by atoms with van der Waals surface area (Å²) >= 11 is 0. The van der Waals surface area contributed by atoms with Gasteiger partial charge in [0.15, 0.2) is 0 Å². The molecule has 1 aromatic rings. The summed E-state index contributed by atoms with van der Waals surface area (Å²) < 4.78 is 5.40. The molecule has 1 unspecified atom stereocenters. The van der Waals surface area contributed by atoms with E-state index >= 15 is 0 Å². The molecule has 0 radical (unpaired) electrons. The van der Waals surface area contributed by atoms with E-state index in [9.17, 15) is 4.79 Å². The zero-order valence-corrected chi connectivity index (χ0v) is 9.06. The summed E-state index contributed by atoms with van der Waals surface area (Å²) in [6, 6.07) is 9.00. The first-order valence-corrected chi connectivity index (χ1v) is 5.09. The first-order valence-electron chi connectivity index (χ1n) is 5.09. The molecule has 0 saturated carbocycles. The van der Waals surface area contributed by atoms with Crippen LogP contribution in [0.25, 0.3) is 0 Å². The molecule has 0 spiro atoms. The van der Waals surface area contributed by atoms with Gasteiger partial charge in [0.1, 0.15) is 0 Å². The van der Waals surface area contributed by atoms with Gasteiger partial charge in [-0.15, -0.1) is 0 Å². The molecule has 1 rings (SSSR count). The van der Waals surface area contributed by atoms with E-state index in [4.69, 9.17) is 16.2 Å². The zero-order chi connectivity index (χ0) is 11.8. The van der Waals surface area contributed by atoms with Crippen LogP contribution in [0, 0.1) is 0 Å². The number of urea groups is 1. The van der Waals surface area contributed by atoms with E-state index in [0.717, 1.165) is 5.56 Å². The Morgan fingerprint density at radius 1 is 1.38 bits per heavy atom. The maximum Gasteiger partial charge on any atom is 0.312 e. The monoisotopic (exact) mass is 223 g/mol. The van der Waals surface area contributed by atoms with E-state index in [0.29, 0.717) is 19.8 Å². The van der Waals surface area contributed by atoms with Crippen molar-refractivity contribution in [3.8, 4) is 0 Å². The number of nitrogens with one attached hydrogen (secondary N) is 1. The molecule has 0 aromatic heterocycles. The van der Waals surface area contributed by atoms with Crippen LogP contribution in [0.15, 0.2) is 30.3 Å². The molecular formula is C11H17N3O2. The third kappa shape index (κ3) is 5.33. The second-order valence-electron chi connectivity index (χ2n) is 3.51. The normalized spacial score (nSPS) is 12.1. The van der Waals surface area contributed by atoms with Gasteiger partial charge in [-0.2, -0.15) is 0 Å². The molecule has 0 saturated heterocycles. The smallest absolute Gasteiger partial charge is 0.312 e. The Labute approximate surface area is 94.8 Å². The summed E-state index contributed by atoms with van der Waals surface area (Å²) in [7, 11) is 0. The van der Waals surface area contributed by atoms with E-state index in [1.165, 1.54) is 0 Å². The van der Waals surface area contributed by atoms with Gasteiger partial charge >= 0.3 is 6.03 Å². The van der Waals surface area contributed by atoms with Crippen LogP contribution in [0.2, 0.25) is 0 Å². The van der Waals surface area contributed by atoms with Crippen LogP contribution in [0.3, 0.4) is 0 Å². The lowest BCUT2D eigenvalue weighted by Crippen LogP contribution is -2.42. The molecular weight excluding hydrogens is 206 g/mol. The summed E-state index contributed by atoms with van der Waals surface area (Å²) in [5.74, 6) is 0. The third-order valence-corrected chi connectivity index (χ3v) is 1.98. The van der Waals surface area contributed by atoms with Crippen molar-refractivity contribution >= 4 is 6.03 Å². The minimum Gasteiger partial charge on any atom is -0.375 e. The van der Waals surface area contributed by atoms with E-state index in [1.54, 1.807) is 0 Å². The predicted octanol–water partition coefficient (Wildman–Crippen LogP) is 0.199. The Kier molecular flexibility index (Phi) is 5.31. The molecule has 0 aliphatic carbocycles. The first-order chi connectivity index (χ1) is 7.68. The third-order valence-electron chi connectivity index (χ3n) is 1.98. The number of benzene rings is 1. The summed E-state index contributed by atoms with van der Waals surface area (Å²) in [6.07, 6.45) is 0. The van der Waals surface area contributed by atoms with Crippen molar-refractivity contribution in [3.05, 3.63) is 35.9 Å². The Morgan fingerprint density at radius 3 is 2.69 bits per heavy atom. The van der Waals surface area contributed by atoms with Crippen molar-refractivity contribution in [1.29, 1.82) is 0 Å². The molecule has 1 aromatic carbocycles. The maximum absolute atomic E-state index is 10.4.